The number of nitrogens with one attached hydrogen (secondary N) is 2. The Morgan fingerprint density at radius 2 is 2.26 bits per heavy atom. The average molecular weight is 313 g/mol. The summed E-state index contributed by atoms with van der Waals surface area (Å²) < 4.78 is 30.8. The SMILES string of the molecule is CCOC(=O)c1cn[nH]c1S(=O)(=O)NCC(C)N.Cl. The number of aromatic nitrogens is 2. The third-order valence-corrected chi connectivity index (χ3v) is 3.36. The summed E-state index contributed by atoms with van der Waals surface area (Å²) in [6.07, 6.45) is 1.11. The van der Waals surface area contributed by atoms with Gasteiger partial charge in [0, 0.05) is 12.6 Å². The molecule has 1 aromatic heterocycles. The summed E-state index contributed by atoms with van der Waals surface area (Å²) in [7, 11) is -3.85. The lowest BCUT2D eigenvalue weighted by Gasteiger charge is -2.08. The number of aromatic amines is 1. The maximum absolute atomic E-state index is 11.9. The first-order valence-electron chi connectivity index (χ1n) is 5.34. The van der Waals surface area contributed by atoms with Crippen LogP contribution in [0.2, 0.25) is 0 Å². The first-order chi connectivity index (χ1) is 8.38. The highest BCUT2D eigenvalue weighted by Crippen LogP contribution is 2.12. The molecule has 10 heteroatoms. The summed E-state index contributed by atoms with van der Waals surface area (Å²) in [5.74, 6) is -0.743. The number of esters is 1. The van der Waals surface area contributed by atoms with Gasteiger partial charge in [-0.1, -0.05) is 0 Å². The lowest BCUT2D eigenvalue weighted by atomic mass is 10.4. The molecular formula is C9H17ClN4O4S. The number of hydrogen-bond acceptors (Lipinski definition) is 6. The van der Waals surface area contributed by atoms with E-state index in [4.69, 9.17) is 10.5 Å². The van der Waals surface area contributed by atoms with E-state index in [-0.39, 0.29) is 42.2 Å². The quantitative estimate of drug-likeness (QED) is 0.615. The Balaban J connectivity index is 0.00000324. The van der Waals surface area contributed by atoms with Gasteiger partial charge in [-0.25, -0.2) is 17.9 Å². The van der Waals surface area contributed by atoms with Crippen LogP contribution in [0.3, 0.4) is 0 Å². The summed E-state index contributed by atoms with van der Waals surface area (Å²) >= 11 is 0. The van der Waals surface area contributed by atoms with Gasteiger partial charge < -0.3 is 10.5 Å². The van der Waals surface area contributed by atoms with Gasteiger partial charge in [-0.3, -0.25) is 5.10 Å². The summed E-state index contributed by atoms with van der Waals surface area (Å²) in [6.45, 7) is 3.49. The van der Waals surface area contributed by atoms with Crippen LogP contribution in [0.4, 0.5) is 0 Å². The van der Waals surface area contributed by atoms with E-state index in [1.54, 1.807) is 13.8 Å². The van der Waals surface area contributed by atoms with Gasteiger partial charge in [0.1, 0.15) is 5.56 Å². The van der Waals surface area contributed by atoms with E-state index in [1.165, 1.54) is 0 Å². The number of halogens is 1. The van der Waals surface area contributed by atoms with Crippen molar-refractivity contribution in [2.45, 2.75) is 24.9 Å². The van der Waals surface area contributed by atoms with E-state index >= 15 is 0 Å². The molecule has 0 saturated carbocycles. The van der Waals surface area contributed by atoms with Crippen LogP contribution in [-0.2, 0) is 14.8 Å². The largest absolute Gasteiger partial charge is 0.462 e. The van der Waals surface area contributed by atoms with E-state index in [0.29, 0.717) is 0 Å². The van der Waals surface area contributed by atoms with Gasteiger partial charge in [-0.15, -0.1) is 12.4 Å². The molecule has 0 aliphatic carbocycles. The minimum Gasteiger partial charge on any atom is -0.462 e. The molecule has 0 saturated heterocycles. The highest BCUT2D eigenvalue weighted by atomic mass is 35.5. The Hall–Kier alpha value is -1.16. The van der Waals surface area contributed by atoms with Crippen molar-refractivity contribution in [2.75, 3.05) is 13.2 Å². The third kappa shape index (κ3) is 4.78. The van der Waals surface area contributed by atoms with Gasteiger partial charge in [0.15, 0.2) is 5.03 Å². The summed E-state index contributed by atoms with van der Waals surface area (Å²) in [4.78, 5) is 11.5. The van der Waals surface area contributed by atoms with Crippen molar-refractivity contribution in [1.82, 2.24) is 14.9 Å². The second kappa shape index (κ2) is 7.43. The molecular weight excluding hydrogens is 296 g/mol. The van der Waals surface area contributed by atoms with Crippen molar-refractivity contribution in [3.05, 3.63) is 11.8 Å². The van der Waals surface area contributed by atoms with Gasteiger partial charge in [0.25, 0.3) is 10.0 Å². The fourth-order valence-corrected chi connectivity index (χ4v) is 2.37. The van der Waals surface area contributed by atoms with Gasteiger partial charge in [0.2, 0.25) is 0 Å². The van der Waals surface area contributed by atoms with E-state index < -0.39 is 16.0 Å². The van der Waals surface area contributed by atoms with Crippen LogP contribution >= 0.6 is 12.4 Å². The second-order valence-electron chi connectivity index (χ2n) is 3.66. The Morgan fingerprint density at radius 3 is 2.79 bits per heavy atom. The van der Waals surface area contributed by atoms with Crippen LogP contribution in [0.5, 0.6) is 0 Å². The predicted molar refractivity (Wildman–Crippen MR) is 70.6 cm³/mol. The van der Waals surface area contributed by atoms with Crippen molar-refractivity contribution in [2.24, 2.45) is 5.73 Å². The van der Waals surface area contributed by atoms with Crippen LogP contribution in [0, 0.1) is 0 Å². The monoisotopic (exact) mass is 312 g/mol. The molecule has 0 aliphatic rings. The van der Waals surface area contributed by atoms with Crippen LogP contribution in [0.1, 0.15) is 24.2 Å². The molecule has 1 heterocycles. The van der Waals surface area contributed by atoms with Crippen LogP contribution < -0.4 is 10.5 Å². The molecule has 0 aliphatic heterocycles. The highest BCUT2D eigenvalue weighted by molar-refractivity contribution is 7.89. The zero-order valence-corrected chi connectivity index (χ0v) is 12.2. The number of carbonyl (C=O) groups is 1. The molecule has 1 atom stereocenters. The van der Waals surface area contributed by atoms with E-state index in [1.807, 2.05) is 0 Å². The van der Waals surface area contributed by atoms with E-state index in [0.717, 1.165) is 6.20 Å². The van der Waals surface area contributed by atoms with Crippen molar-refractivity contribution in [3.8, 4) is 0 Å². The van der Waals surface area contributed by atoms with Crippen LogP contribution in [0.15, 0.2) is 11.2 Å². The molecule has 0 bridgehead atoms. The smallest absolute Gasteiger partial charge is 0.342 e. The molecule has 1 rings (SSSR count). The minimum atomic E-state index is -3.85. The number of H-pyrrole nitrogens is 1. The number of nitrogens with zero attached hydrogens (tertiary/aromatic N) is 1. The Kier molecular flexibility index (Phi) is 6.98. The number of rotatable bonds is 6. The Bertz CT molecular complexity index is 514. The number of sulfonamides is 1. The van der Waals surface area contributed by atoms with Crippen LogP contribution in [0.25, 0.3) is 0 Å². The average Bonchev–Trinajstić information content (AvgIpc) is 2.76. The highest BCUT2D eigenvalue weighted by Gasteiger charge is 2.25. The first kappa shape index (κ1) is 17.8. The molecule has 0 fully saturated rings. The molecule has 8 nitrogen and oxygen atoms in total. The lowest BCUT2D eigenvalue weighted by Crippen LogP contribution is -2.35. The molecule has 1 aromatic rings. The minimum absolute atomic E-state index is 0. The predicted octanol–water partition coefficient (Wildman–Crippen LogP) is -0.366. The number of ether oxygens (including phenoxy) is 1. The second-order valence-corrected chi connectivity index (χ2v) is 5.37. The summed E-state index contributed by atoms with van der Waals surface area (Å²) in [5, 5.41) is 5.49. The number of hydrogen-bond donors (Lipinski definition) is 3. The maximum atomic E-state index is 11.9. The van der Waals surface area contributed by atoms with E-state index in [9.17, 15) is 13.2 Å². The van der Waals surface area contributed by atoms with Gasteiger partial charge in [-0.2, -0.15) is 5.10 Å². The molecule has 19 heavy (non-hydrogen) atoms. The van der Waals surface area contributed by atoms with Gasteiger partial charge >= 0.3 is 5.97 Å². The van der Waals surface area contributed by atoms with Gasteiger partial charge in [0.05, 0.1) is 12.8 Å². The molecule has 110 valence electrons. The zero-order chi connectivity index (χ0) is 13.8. The van der Waals surface area contributed by atoms with Crippen molar-refractivity contribution < 1.29 is 17.9 Å². The number of nitrogens with two attached hydrogens (primary N) is 1. The molecule has 0 aromatic carbocycles. The first-order valence-corrected chi connectivity index (χ1v) is 6.82. The topological polar surface area (TPSA) is 127 Å². The summed E-state index contributed by atoms with van der Waals surface area (Å²) in [5.41, 5.74) is 5.32. The molecule has 0 spiro atoms. The normalized spacial score (nSPS) is 12.6. The fourth-order valence-electron chi connectivity index (χ4n) is 1.15. The maximum Gasteiger partial charge on any atom is 0.342 e. The van der Waals surface area contributed by atoms with Crippen molar-refractivity contribution in [1.29, 1.82) is 0 Å². The standard InChI is InChI=1S/C9H16N4O4S.ClH/c1-3-17-9(14)7-5-11-13-8(7)18(15,16)12-4-6(2)10;/h5-6,12H,3-4,10H2,1-2H3,(H,11,13);1H. The summed E-state index contributed by atoms with van der Waals surface area (Å²) in [6, 6.07) is -0.339. The van der Waals surface area contributed by atoms with Gasteiger partial charge in [-0.05, 0) is 13.8 Å². The molecule has 4 N–H and O–H groups in total. The Morgan fingerprint density at radius 1 is 1.63 bits per heavy atom. The van der Waals surface area contributed by atoms with Crippen molar-refractivity contribution in [3.63, 3.8) is 0 Å². The fraction of sp³-hybridized carbons (Fsp3) is 0.556. The molecule has 0 radical (unpaired) electrons. The number of carbonyl (C=O) groups excluding carboxylic acids is 1. The molecule has 1 unspecified atom stereocenters. The van der Waals surface area contributed by atoms with Crippen molar-refractivity contribution >= 4 is 28.4 Å². The molecule has 0 amide bonds. The van der Waals surface area contributed by atoms with Crippen LogP contribution in [-0.4, -0.2) is 43.8 Å². The van der Waals surface area contributed by atoms with E-state index in [2.05, 4.69) is 14.9 Å². The zero-order valence-electron chi connectivity index (χ0n) is 10.5. The lowest BCUT2D eigenvalue weighted by molar-refractivity contribution is 0.0522. The third-order valence-electron chi connectivity index (χ3n) is 1.96. The Labute approximate surface area is 117 Å².